The first-order valence-electron chi connectivity index (χ1n) is 14.2. The molecule has 7 heteroatoms. The molecule has 0 saturated heterocycles. The zero-order valence-corrected chi connectivity index (χ0v) is 23.9. The van der Waals surface area contributed by atoms with Crippen LogP contribution < -0.4 is 4.74 Å². The molecule has 0 heterocycles. The number of benzene rings is 5. The lowest BCUT2D eigenvalue weighted by molar-refractivity contribution is -0.189. The molecule has 5 aromatic rings. The predicted octanol–water partition coefficient (Wildman–Crippen LogP) is 10.8. The number of nitriles is 1. The van der Waals surface area contributed by atoms with E-state index in [1.54, 1.807) is 30.3 Å². The summed E-state index contributed by atoms with van der Waals surface area (Å²) in [5.41, 5.74) is 2.86. The van der Waals surface area contributed by atoms with Gasteiger partial charge in [-0.15, -0.1) is 0 Å². The highest BCUT2D eigenvalue weighted by atomic mass is 19.3. The quantitative estimate of drug-likeness (QED) is 0.119. The Balaban J connectivity index is 1.32. The van der Waals surface area contributed by atoms with Gasteiger partial charge in [0.05, 0.1) is 11.6 Å². The summed E-state index contributed by atoms with van der Waals surface area (Å²) < 4.78 is 79.1. The van der Waals surface area contributed by atoms with Crippen molar-refractivity contribution in [1.29, 1.82) is 5.26 Å². The van der Waals surface area contributed by atoms with E-state index in [2.05, 4.69) is 23.8 Å². The average Bonchev–Trinajstić information content (AvgIpc) is 3.01. The molecule has 0 unspecified atom stereocenters. The van der Waals surface area contributed by atoms with E-state index in [1.807, 2.05) is 24.3 Å². The van der Waals surface area contributed by atoms with Crippen molar-refractivity contribution in [3.8, 4) is 45.2 Å². The lowest BCUT2D eigenvalue weighted by atomic mass is 9.96. The largest absolute Gasteiger partial charge is 0.432 e. The number of hydrogen-bond acceptors (Lipinski definition) is 2. The van der Waals surface area contributed by atoms with Gasteiger partial charge in [0, 0.05) is 5.56 Å². The van der Waals surface area contributed by atoms with Crippen LogP contribution in [0.1, 0.15) is 42.9 Å². The first kappa shape index (κ1) is 30.5. The molecule has 0 radical (unpaired) electrons. The van der Waals surface area contributed by atoms with E-state index in [9.17, 15) is 17.6 Å². The molecule has 0 aliphatic carbocycles. The second-order valence-corrected chi connectivity index (χ2v) is 10.5. The molecule has 0 fully saturated rings. The molecule has 0 bridgehead atoms. The van der Waals surface area contributed by atoms with Gasteiger partial charge in [0.1, 0.15) is 28.8 Å². The maximum absolute atomic E-state index is 15.2. The van der Waals surface area contributed by atoms with Gasteiger partial charge in [-0.3, -0.25) is 0 Å². The van der Waals surface area contributed by atoms with E-state index in [-0.39, 0.29) is 16.9 Å². The Hall–Kier alpha value is -4.96. The van der Waals surface area contributed by atoms with Gasteiger partial charge in [-0.1, -0.05) is 80.4 Å². The van der Waals surface area contributed by atoms with Crippen LogP contribution in [0.15, 0.2) is 103 Å². The van der Waals surface area contributed by atoms with Gasteiger partial charge >= 0.3 is 6.11 Å². The van der Waals surface area contributed by atoms with Crippen molar-refractivity contribution < 1.29 is 26.7 Å². The van der Waals surface area contributed by atoms with Gasteiger partial charge in [-0.2, -0.15) is 14.0 Å². The molecule has 0 amide bonds. The van der Waals surface area contributed by atoms with Crippen LogP contribution in [0.4, 0.5) is 22.0 Å². The molecule has 0 aliphatic rings. The van der Waals surface area contributed by atoms with E-state index in [0.29, 0.717) is 16.7 Å². The third-order valence-electron chi connectivity index (χ3n) is 7.42. The third-order valence-corrected chi connectivity index (χ3v) is 7.42. The molecular formula is C37H28F5NO. The summed E-state index contributed by atoms with van der Waals surface area (Å²) in [7, 11) is 0. The molecule has 5 aromatic carbocycles. The Kier molecular flexibility index (Phi) is 9.10. The molecule has 222 valence electrons. The summed E-state index contributed by atoms with van der Waals surface area (Å²) in [6, 6.07) is 27.5. The normalized spacial score (nSPS) is 11.3. The smallest absolute Gasteiger partial charge is 0.429 e. The molecule has 0 N–H and O–H groups in total. The van der Waals surface area contributed by atoms with Crippen LogP contribution in [-0.2, 0) is 12.5 Å². The van der Waals surface area contributed by atoms with E-state index in [1.165, 1.54) is 30.2 Å². The standard InChI is InChI=1S/C37H28F5NO/c1-2-3-4-5-24-6-10-26(11-7-24)29-16-19-32(33(38)20-29)28-14-12-27(13-15-28)30-21-34(39)36(35(40)22-30)37(41,42)44-31-17-8-25(23-43)9-18-31/h6-22H,2-5H2,1H3. The van der Waals surface area contributed by atoms with Gasteiger partial charge in [-0.05, 0) is 88.7 Å². The Morgan fingerprint density at radius 1 is 0.636 bits per heavy atom. The van der Waals surface area contributed by atoms with Crippen molar-refractivity contribution in [1.82, 2.24) is 0 Å². The first-order chi connectivity index (χ1) is 21.2. The fourth-order valence-electron chi connectivity index (χ4n) is 5.03. The molecule has 0 atom stereocenters. The van der Waals surface area contributed by atoms with Crippen LogP contribution in [0.5, 0.6) is 5.75 Å². The van der Waals surface area contributed by atoms with E-state index >= 15 is 4.39 Å². The summed E-state index contributed by atoms with van der Waals surface area (Å²) in [5, 5.41) is 8.84. The average molecular weight is 598 g/mol. The topological polar surface area (TPSA) is 33.0 Å². The highest BCUT2D eigenvalue weighted by molar-refractivity contribution is 5.74. The first-order valence-corrected chi connectivity index (χ1v) is 14.2. The van der Waals surface area contributed by atoms with Gasteiger partial charge in [0.15, 0.2) is 0 Å². The number of ether oxygens (including phenoxy) is 1. The van der Waals surface area contributed by atoms with Crippen LogP contribution in [0.2, 0.25) is 0 Å². The fraction of sp³-hybridized carbons (Fsp3) is 0.162. The Bertz CT molecular complexity index is 1770. The second-order valence-electron chi connectivity index (χ2n) is 10.5. The van der Waals surface area contributed by atoms with Crippen molar-refractivity contribution in [2.75, 3.05) is 0 Å². The molecular weight excluding hydrogens is 569 g/mol. The maximum Gasteiger partial charge on any atom is 0.432 e. The van der Waals surface area contributed by atoms with Crippen LogP contribution in [0.3, 0.4) is 0 Å². The molecule has 0 aromatic heterocycles. The zero-order chi connectivity index (χ0) is 31.3. The molecule has 2 nitrogen and oxygen atoms in total. The maximum atomic E-state index is 15.2. The zero-order valence-electron chi connectivity index (χ0n) is 23.9. The third kappa shape index (κ3) is 6.81. The molecule has 0 aliphatic heterocycles. The number of hydrogen-bond donors (Lipinski definition) is 0. The minimum absolute atomic E-state index is 0.0263. The summed E-state index contributed by atoms with van der Waals surface area (Å²) >= 11 is 0. The van der Waals surface area contributed by atoms with Crippen molar-refractivity contribution in [3.05, 3.63) is 137 Å². The highest BCUT2D eigenvalue weighted by Crippen LogP contribution is 2.37. The number of alkyl halides is 2. The van der Waals surface area contributed by atoms with Gasteiger partial charge in [0.25, 0.3) is 0 Å². The lowest BCUT2D eigenvalue weighted by Crippen LogP contribution is -2.25. The van der Waals surface area contributed by atoms with Crippen LogP contribution in [0.25, 0.3) is 33.4 Å². The fourth-order valence-corrected chi connectivity index (χ4v) is 5.03. The van der Waals surface area contributed by atoms with E-state index in [0.717, 1.165) is 54.7 Å². The Labute approximate surface area is 253 Å². The van der Waals surface area contributed by atoms with Gasteiger partial charge in [-0.25, -0.2) is 13.2 Å². The number of nitrogens with zero attached hydrogens (tertiary/aromatic N) is 1. The summed E-state index contributed by atoms with van der Waals surface area (Å²) in [4.78, 5) is 0. The Morgan fingerprint density at radius 2 is 1.18 bits per heavy atom. The molecule has 5 rings (SSSR count). The summed E-state index contributed by atoms with van der Waals surface area (Å²) in [6.45, 7) is 2.17. The Morgan fingerprint density at radius 3 is 1.77 bits per heavy atom. The molecule has 0 saturated carbocycles. The van der Waals surface area contributed by atoms with E-state index < -0.39 is 29.1 Å². The summed E-state index contributed by atoms with van der Waals surface area (Å²) in [6.07, 6.45) is 0.189. The summed E-state index contributed by atoms with van der Waals surface area (Å²) in [5.74, 6) is -3.76. The number of halogens is 5. The van der Waals surface area contributed by atoms with Crippen LogP contribution in [-0.4, -0.2) is 0 Å². The van der Waals surface area contributed by atoms with Gasteiger partial charge < -0.3 is 4.74 Å². The molecule has 0 spiro atoms. The molecule has 44 heavy (non-hydrogen) atoms. The lowest BCUT2D eigenvalue weighted by Gasteiger charge is -2.20. The van der Waals surface area contributed by atoms with Crippen molar-refractivity contribution in [3.63, 3.8) is 0 Å². The predicted molar refractivity (Wildman–Crippen MR) is 162 cm³/mol. The SMILES string of the molecule is CCCCCc1ccc(-c2ccc(-c3ccc(-c4cc(F)c(C(F)(F)Oc5ccc(C#N)cc5)c(F)c4)cc3)c(F)c2)cc1. The second kappa shape index (κ2) is 13.1. The van der Waals surface area contributed by atoms with E-state index in [4.69, 9.17) is 5.26 Å². The van der Waals surface area contributed by atoms with Crippen LogP contribution in [0, 0.1) is 28.8 Å². The van der Waals surface area contributed by atoms with Gasteiger partial charge in [0.2, 0.25) is 0 Å². The minimum Gasteiger partial charge on any atom is -0.429 e. The highest BCUT2D eigenvalue weighted by Gasteiger charge is 2.41. The van der Waals surface area contributed by atoms with Crippen molar-refractivity contribution in [2.45, 2.75) is 38.7 Å². The number of unbranched alkanes of at least 4 members (excludes halogenated alkanes) is 2. The van der Waals surface area contributed by atoms with Crippen molar-refractivity contribution in [2.24, 2.45) is 0 Å². The minimum atomic E-state index is -4.31. The van der Waals surface area contributed by atoms with Crippen LogP contribution >= 0.6 is 0 Å². The monoisotopic (exact) mass is 597 g/mol. The van der Waals surface area contributed by atoms with Crippen molar-refractivity contribution >= 4 is 0 Å². The number of aryl methyl sites for hydroxylation is 1. The number of rotatable bonds is 10.